The van der Waals surface area contributed by atoms with Crippen molar-refractivity contribution in [2.75, 3.05) is 13.2 Å². The van der Waals surface area contributed by atoms with Gasteiger partial charge in [-0.1, -0.05) is 30.8 Å². The maximum absolute atomic E-state index is 13.6. The smallest absolute Gasteiger partial charge is 0.266 e. The number of thiazole rings is 1. The van der Waals surface area contributed by atoms with Gasteiger partial charge in [0.15, 0.2) is 5.75 Å². The third-order valence-corrected chi connectivity index (χ3v) is 7.52. The maximum Gasteiger partial charge on any atom is 0.266 e. The van der Waals surface area contributed by atoms with Gasteiger partial charge in [0.25, 0.3) is 5.56 Å². The fourth-order valence-electron chi connectivity index (χ4n) is 4.53. The summed E-state index contributed by atoms with van der Waals surface area (Å²) in [5, 5.41) is 0.552. The molecule has 2 heterocycles. The number of rotatable bonds is 8. The number of aromatic nitrogens is 2. The molecule has 0 aliphatic rings. The fourth-order valence-corrected chi connectivity index (χ4v) is 5.33. The van der Waals surface area contributed by atoms with Crippen LogP contribution < -0.4 is 29.7 Å². The first-order valence-electron chi connectivity index (χ1n) is 12.5. The zero-order valence-electron chi connectivity index (χ0n) is 21.6. The molecule has 1 N–H and O–H groups in total. The third-order valence-electron chi connectivity index (χ3n) is 6.48. The molecule has 3 aromatic carbocycles. The van der Waals surface area contributed by atoms with E-state index in [2.05, 4.69) is 11.6 Å². The topological polar surface area (TPSA) is 73.3 Å². The molecule has 0 spiro atoms. The Bertz CT molecular complexity index is 1890. The molecule has 2 aromatic heterocycles. The van der Waals surface area contributed by atoms with Crippen molar-refractivity contribution in [3.05, 3.63) is 114 Å². The molecule has 0 saturated heterocycles. The summed E-state index contributed by atoms with van der Waals surface area (Å²) < 4.78 is 28.8. The lowest BCUT2D eigenvalue weighted by Gasteiger charge is -2.18. The van der Waals surface area contributed by atoms with E-state index in [1.807, 2.05) is 61.0 Å². The normalized spacial score (nSPS) is 12.0. The Morgan fingerprint density at radius 2 is 1.74 bits per heavy atom. The highest BCUT2D eigenvalue weighted by Gasteiger charge is 2.18. The summed E-state index contributed by atoms with van der Waals surface area (Å²) in [5.41, 5.74) is 3.42. The van der Waals surface area contributed by atoms with Crippen molar-refractivity contribution in [3.63, 3.8) is 0 Å². The van der Waals surface area contributed by atoms with Crippen LogP contribution in [0.2, 0.25) is 0 Å². The van der Waals surface area contributed by atoms with Gasteiger partial charge in [-0.15, -0.1) is 11.3 Å². The number of fused-ring (bicyclic) bond motifs is 1. The Balaban J connectivity index is 1.33. The molecule has 0 fully saturated rings. The largest absolute Gasteiger partial charge is 0.493 e. The lowest BCUT2D eigenvalue weighted by Crippen LogP contribution is -2.22. The van der Waals surface area contributed by atoms with Gasteiger partial charge < -0.3 is 19.0 Å². The van der Waals surface area contributed by atoms with Crippen LogP contribution in [0.1, 0.15) is 18.9 Å². The van der Waals surface area contributed by atoms with E-state index >= 15 is 0 Å². The van der Waals surface area contributed by atoms with Gasteiger partial charge in [-0.25, -0.2) is 4.39 Å². The van der Waals surface area contributed by atoms with Gasteiger partial charge in [-0.2, -0.15) is 0 Å². The summed E-state index contributed by atoms with van der Waals surface area (Å²) in [5.74, 6) is 0.541. The van der Waals surface area contributed by atoms with Crippen LogP contribution in [0.3, 0.4) is 0 Å². The fraction of sp³-hybridized carbons (Fsp3) is 0.161. The number of ether oxygens (including phenoxy) is 2. The van der Waals surface area contributed by atoms with Crippen LogP contribution in [-0.4, -0.2) is 22.8 Å². The lowest BCUT2D eigenvalue weighted by molar-refractivity contribution is 0.246. The van der Waals surface area contributed by atoms with E-state index in [1.54, 1.807) is 18.2 Å². The van der Waals surface area contributed by atoms with Crippen molar-refractivity contribution < 1.29 is 13.9 Å². The molecule has 8 heteroatoms. The summed E-state index contributed by atoms with van der Waals surface area (Å²) in [6.07, 6.45) is 0.529. The predicted octanol–water partition coefficient (Wildman–Crippen LogP) is 4.57. The molecule has 0 aliphatic carbocycles. The third kappa shape index (κ3) is 5.42. The highest BCUT2D eigenvalue weighted by Crippen LogP contribution is 2.30. The van der Waals surface area contributed by atoms with Crippen molar-refractivity contribution in [1.82, 2.24) is 9.55 Å². The number of para-hydroxylation sites is 1. The predicted molar refractivity (Wildman–Crippen MR) is 155 cm³/mol. The van der Waals surface area contributed by atoms with Gasteiger partial charge in [0, 0.05) is 24.4 Å². The first-order valence-corrected chi connectivity index (χ1v) is 13.3. The molecule has 0 saturated carbocycles. The van der Waals surface area contributed by atoms with Crippen LogP contribution in [0, 0.1) is 5.82 Å². The Morgan fingerprint density at radius 1 is 1.00 bits per heavy atom. The molecular formula is C31H27FN2O4S. The molecule has 39 heavy (non-hydrogen) atoms. The van der Waals surface area contributed by atoms with Gasteiger partial charge in [0.1, 0.15) is 11.6 Å². The number of hydrogen-bond donors (Lipinski definition) is 1. The number of aromatic amines is 1. The summed E-state index contributed by atoms with van der Waals surface area (Å²) in [4.78, 5) is 28.3. The van der Waals surface area contributed by atoms with Crippen LogP contribution in [0.5, 0.6) is 11.5 Å². The van der Waals surface area contributed by atoms with Gasteiger partial charge in [-0.3, -0.25) is 9.59 Å². The quantitative estimate of drug-likeness (QED) is 0.292. The molecular weight excluding hydrogens is 515 g/mol. The molecule has 0 aliphatic heterocycles. The van der Waals surface area contributed by atoms with E-state index in [9.17, 15) is 14.0 Å². The summed E-state index contributed by atoms with van der Waals surface area (Å²) >= 11 is 1.33. The molecule has 0 radical (unpaired) electrons. The maximum atomic E-state index is 13.6. The first kappa shape index (κ1) is 26.2. The zero-order chi connectivity index (χ0) is 27.5. The van der Waals surface area contributed by atoms with Crippen LogP contribution in [-0.2, 0) is 7.05 Å². The molecule has 6 nitrogen and oxygen atoms in total. The second-order valence-corrected chi connectivity index (χ2v) is 10.2. The molecule has 0 bridgehead atoms. The number of benzene rings is 3. The van der Waals surface area contributed by atoms with Crippen molar-refractivity contribution in [3.8, 4) is 22.8 Å². The average molecular weight is 543 g/mol. The highest BCUT2D eigenvalue weighted by atomic mass is 32.1. The average Bonchev–Trinajstić information content (AvgIpc) is 3.29. The van der Waals surface area contributed by atoms with E-state index in [0.29, 0.717) is 44.6 Å². The number of hydrogen-bond acceptors (Lipinski definition) is 5. The Morgan fingerprint density at radius 3 is 2.49 bits per heavy atom. The van der Waals surface area contributed by atoms with Crippen LogP contribution >= 0.6 is 11.3 Å². The van der Waals surface area contributed by atoms with E-state index in [1.165, 1.54) is 23.5 Å². The van der Waals surface area contributed by atoms with Gasteiger partial charge in [-0.05, 0) is 66.6 Å². The Hall–Kier alpha value is -4.43. The monoisotopic (exact) mass is 542 g/mol. The number of nitrogens with one attached hydrogen (secondary N) is 1. The Kier molecular flexibility index (Phi) is 7.47. The van der Waals surface area contributed by atoms with E-state index in [4.69, 9.17) is 9.47 Å². The number of nitrogens with zero attached hydrogens (tertiary/aromatic N) is 1. The highest BCUT2D eigenvalue weighted by molar-refractivity contribution is 7.07. The molecule has 5 aromatic rings. The number of H-pyrrole nitrogens is 1. The molecule has 0 unspecified atom stereocenters. The van der Waals surface area contributed by atoms with Crippen molar-refractivity contribution in [2.24, 2.45) is 7.05 Å². The molecule has 0 atom stereocenters. The molecule has 5 rings (SSSR count). The van der Waals surface area contributed by atoms with Gasteiger partial charge in [0.2, 0.25) is 5.43 Å². The number of halogens is 1. The summed E-state index contributed by atoms with van der Waals surface area (Å²) in [7, 11) is 1.87. The summed E-state index contributed by atoms with van der Waals surface area (Å²) in [6, 6.07) is 20.9. The van der Waals surface area contributed by atoms with E-state index in [0.717, 1.165) is 16.7 Å². The van der Waals surface area contributed by atoms with Gasteiger partial charge >= 0.3 is 0 Å². The minimum Gasteiger partial charge on any atom is -0.493 e. The standard InChI is InChI=1S/C31H27FN2O4S/c1-19(30-31(36)33-20(2)39-30)22-8-6-9-24(18-22)37-16-7-17-38-29-27(21-12-14-23(32)15-13-21)34(3)26-11-5-4-10-25(26)28(29)35/h4-6,8-15,18H,2,7,16-17H2,1,3H3,(H,33,36)/b30-19+. The van der Waals surface area contributed by atoms with Gasteiger partial charge in [0.05, 0.1) is 33.6 Å². The van der Waals surface area contributed by atoms with Crippen LogP contribution in [0.25, 0.3) is 34.3 Å². The molecule has 198 valence electrons. The number of pyridine rings is 1. The molecule has 0 amide bonds. The van der Waals surface area contributed by atoms with E-state index in [-0.39, 0.29) is 29.2 Å². The second-order valence-electron chi connectivity index (χ2n) is 9.10. The zero-order valence-corrected chi connectivity index (χ0v) is 22.4. The Labute approximate surface area is 227 Å². The van der Waals surface area contributed by atoms with Crippen LogP contribution in [0.15, 0.2) is 82.4 Å². The SMILES string of the molecule is C=c1[nH]c(=O)/c(=C(/C)c2cccc(OCCCOc3c(-c4ccc(F)cc4)n(C)c4ccccc4c3=O)c2)s1. The minimum atomic E-state index is -0.352. The summed E-state index contributed by atoms with van der Waals surface area (Å²) in [6.45, 7) is 6.32. The lowest BCUT2D eigenvalue weighted by atomic mass is 10.1. The minimum absolute atomic E-state index is 0.147. The number of aryl methyl sites for hydroxylation is 1. The van der Waals surface area contributed by atoms with Crippen molar-refractivity contribution >= 4 is 34.4 Å². The van der Waals surface area contributed by atoms with Crippen LogP contribution in [0.4, 0.5) is 4.39 Å². The van der Waals surface area contributed by atoms with Crippen molar-refractivity contribution in [2.45, 2.75) is 13.3 Å². The first-order chi connectivity index (χ1) is 18.8. The van der Waals surface area contributed by atoms with E-state index < -0.39 is 0 Å². The van der Waals surface area contributed by atoms with Crippen molar-refractivity contribution in [1.29, 1.82) is 0 Å². The second kappa shape index (κ2) is 11.1.